The summed E-state index contributed by atoms with van der Waals surface area (Å²) < 4.78 is 0. The van der Waals surface area contributed by atoms with E-state index in [0.29, 0.717) is 28.1 Å². The molecule has 5 heteroatoms. The number of phenols is 1. The fraction of sp³-hybridized carbons (Fsp3) is 0.100. The molecule has 0 amide bonds. The van der Waals surface area contributed by atoms with E-state index in [1.54, 1.807) is 12.1 Å². The zero-order chi connectivity index (χ0) is 18.0. The van der Waals surface area contributed by atoms with Crippen molar-refractivity contribution in [2.24, 2.45) is 0 Å². The fourth-order valence-electron chi connectivity index (χ4n) is 2.96. The van der Waals surface area contributed by atoms with Gasteiger partial charge in [0.05, 0.1) is 39.9 Å². The summed E-state index contributed by atoms with van der Waals surface area (Å²) in [5, 5.41) is 32.5. The van der Waals surface area contributed by atoms with Gasteiger partial charge in [-0.2, -0.15) is 10.5 Å². The maximum Gasteiger partial charge on any atom is 0.134 e. The highest BCUT2D eigenvalue weighted by molar-refractivity contribution is 6.32. The van der Waals surface area contributed by atoms with E-state index in [9.17, 15) is 15.6 Å². The van der Waals surface area contributed by atoms with Crippen molar-refractivity contribution in [2.45, 2.75) is 12.8 Å². The van der Waals surface area contributed by atoms with Crippen molar-refractivity contribution in [1.82, 2.24) is 5.32 Å². The molecule has 3 rings (SSSR count). The van der Waals surface area contributed by atoms with Crippen molar-refractivity contribution < 1.29 is 5.11 Å². The van der Waals surface area contributed by atoms with Gasteiger partial charge in [0.2, 0.25) is 0 Å². The Morgan fingerprint density at radius 3 is 2.32 bits per heavy atom. The van der Waals surface area contributed by atoms with Crippen molar-refractivity contribution in [2.75, 3.05) is 0 Å². The van der Waals surface area contributed by atoms with Crippen LogP contribution in [-0.4, -0.2) is 5.11 Å². The van der Waals surface area contributed by atoms with Crippen LogP contribution >= 0.6 is 11.6 Å². The van der Waals surface area contributed by atoms with Crippen LogP contribution in [0, 0.1) is 22.7 Å². The van der Waals surface area contributed by atoms with Gasteiger partial charge in [0.1, 0.15) is 5.75 Å². The molecule has 122 valence electrons. The standard InChI is InChI=1S/C20H14ClN3O/c1-12-15(10-22)19(14-7-8-18(25)17(21)9-14)16(11-23)20(24-12)13-5-3-2-4-6-13/h2-9,19,24-25H,1H3. The van der Waals surface area contributed by atoms with Crippen molar-refractivity contribution in [3.63, 3.8) is 0 Å². The van der Waals surface area contributed by atoms with E-state index in [1.165, 1.54) is 6.07 Å². The molecule has 0 radical (unpaired) electrons. The Morgan fingerprint density at radius 2 is 1.72 bits per heavy atom. The molecule has 1 atom stereocenters. The first-order chi connectivity index (χ1) is 12.1. The molecule has 0 aromatic heterocycles. The number of hydrogen-bond acceptors (Lipinski definition) is 4. The minimum Gasteiger partial charge on any atom is -0.506 e. The third-order valence-corrected chi connectivity index (χ3v) is 4.47. The predicted octanol–water partition coefficient (Wildman–Crippen LogP) is 4.46. The Morgan fingerprint density at radius 1 is 1.04 bits per heavy atom. The van der Waals surface area contributed by atoms with Crippen molar-refractivity contribution >= 4 is 17.3 Å². The van der Waals surface area contributed by atoms with Gasteiger partial charge in [0.15, 0.2) is 0 Å². The number of rotatable bonds is 2. The lowest BCUT2D eigenvalue weighted by Crippen LogP contribution is -2.24. The highest BCUT2D eigenvalue weighted by atomic mass is 35.5. The molecule has 0 saturated heterocycles. The summed E-state index contributed by atoms with van der Waals surface area (Å²) in [5.74, 6) is -0.575. The topological polar surface area (TPSA) is 79.8 Å². The van der Waals surface area contributed by atoms with Gasteiger partial charge in [-0.05, 0) is 30.2 Å². The van der Waals surface area contributed by atoms with E-state index < -0.39 is 5.92 Å². The molecule has 0 saturated carbocycles. The molecule has 2 aromatic carbocycles. The highest BCUT2D eigenvalue weighted by Crippen LogP contribution is 2.41. The molecule has 2 aromatic rings. The molecule has 0 bridgehead atoms. The van der Waals surface area contributed by atoms with Crippen LogP contribution in [0.1, 0.15) is 24.0 Å². The number of halogens is 1. The summed E-state index contributed by atoms with van der Waals surface area (Å²) in [7, 11) is 0. The molecule has 1 unspecified atom stereocenters. The average molecular weight is 348 g/mol. The predicted molar refractivity (Wildman–Crippen MR) is 96.3 cm³/mol. The molecule has 2 N–H and O–H groups in total. The minimum absolute atomic E-state index is 0.0377. The van der Waals surface area contributed by atoms with Crippen LogP contribution in [0.25, 0.3) is 5.70 Å². The number of aromatic hydroxyl groups is 1. The van der Waals surface area contributed by atoms with E-state index in [-0.39, 0.29) is 10.8 Å². The van der Waals surface area contributed by atoms with Gasteiger partial charge in [-0.15, -0.1) is 0 Å². The normalized spacial score (nSPS) is 16.9. The summed E-state index contributed by atoms with van der Waals surface area (Å²) in [5.41, 5.74) is 3.81. The SMILES string of the molecule is CC1=C(C#N)C(c2ccc(O)c(Cl)c2)C(C#N)=C(c2ccccc2)N1. The van der Waals surface area contributed by atoms with E-state index >= 15 is 0 Å². The quantitative estimate of drug-likeness (QED) is 0.840. The zero-order valence-corrected chi connectivity index (χ0v) is 14.2. The Hall–Kier alpha value is -3.21. The number of nitriles is 2. The van der Waals surface area contributed by atoms with Gasteiger partial charge in [0.25, 0.3) is 0 Å². The Bertz CT molecular complexity index is 978. The molecular formula is C20H14ClN3O. The molecule has 1 aliphatic rings. The maximum absolute atomic E-state index is 9.82. The van der Waals surface area contributed by atoms with Gasteiger partial charge >= 0.3 is 0 Å². The van der Waals surface area contributed by atoms with Crippen LogP contribution in [-0.2, 0) is 0 Å². The summed E-state index contributed by atoms with van der Waals surface area (Å²) in [6.07, 6.45) is 0. The van der Waals surface area contributed by atoms with E-state index in [0.717, 1.165) is 5.56 Å². The number of nitrogens with one attached hydrogen (secondary N) is 1. The van der Waals surface area contributed by atoms with Crippen LogP contribution in [0.5, 0.6) is 5.75 Å². The number of allylic oxidation sites excluding steroid dienone is 3. The largest absolute Gasteiger partial charge is 0.506 e. The lowest BCUT2D eigenvalue weighted by atomic mass is 9.80. The number of phenolic OH excluding ortho intramolecular Hbond substituents is 1. The number of dihydropyridines is 1. The smallest absolute Gasteiger partial charge is 0.134 e. The number of benzene rings is 2. The van der Waals surface area contributed by atoms with Crippen molar-refractivity contribution in [3.05, 3.63) is 81.5 Å². The molecule has 4 nitrogen and oxygen atoms in total. The molecule has 1 heterocycles. The first-order valence-electron chi connectivity index (χ1n) is 7.62. The van der Waals surface area contributed by atoms with Crippen LogP contribution in [0.3, 0.4) is 0 Å². The third-order valence-electron chi connectivity index (χ3n) is 4.17. The van der Waals surface area contributed by atoms with Gasteiger partial charge in [-0.25, -0.2) is 0 Å². The lowest BCUT2D eigenvalue weighted by Gasteiger charge is -2.28. The van der Waals surface area contributed by atoms with Gasteiger partial charge in [-0.1, -0.05) is 48.0 Å². The van der Waals surface area contributed by atoms with Crippen LogP contribution < -0.4 is 5.32 Å². The maximum atomic E-state index is 9.82. The monoisotopic (exact) mass is 347 g/mol. The molecule has 25 heavy (non-hydrogen) atoms. The van der Waals surface area contributed by atoms with Crippen molar-refractivity contribution in [1.29, 1.82) is 10.5 Å². The number of nitrogens with zero attached hydrogens (tertiary/aromatic N) is 2. The minimum atomic E-state index is -0.537. The Balaban J connectivity index is 2.25. The second-order valence-corrected chi connectivity index (χ2v) is 6.09. The zero-order valence-electron chi connectivity index (χ0n) is 13.4. The first kappa shape index (κ1) is 16.6. The van der Waals surface area contributed by atoms with Crippen LogP contribution in [0.15, 0.2) is 65.4 Å². The molecular weight excluding hydrogens is 334 g/mol. The van der Waals surface area contributed by atoms with E-state index in [2.05, 4.69) is 17.5 Å². The van der Waals surface area contributed by atoms with Crippen LogP contribution in [0.2, 0.25) is 5.02 Å². The average Bonchev–Trinajstić information content (AvgIpc) is 2.63. The Labute approximate surface area is 150 Å². The summed E-state index contributed by atoms with van der Waals surface area (Å²) in [6.45, 7) is 1.81. The summed E-state index contributed by atoms with van der Waals surface area (Å²) in [4.78, 5) is 0. The molecule has 0 fully saturated rings. The summed E-state index contributed by atoms with van der Waals surface area (Å²) in [6, 6.07) is 18.7. The third kappa shape index (κ3) is 2.96. The molecule has 0 spiro atoms. The fourth-order valence-corrected chi connectivity index (χ4v) is 3.15. The second-order valence-electron chi connectivity index (χ2n) is 5.69. The van der Waals surface area contributed by atoms with E-state index in [4.69, 9.17) is 11.6 Å². The second kappa shape index (κ2) is 6.73. The first-order valence-corrected chi connectivity index (χ1v) is 8.00. The van der Waals surface area contributed by atoms with Crippen molar-refractivity contribution in [3.8, 4) is 17.9 Å². The summed E-state index contributed by atoms with van der Waals surface area (Å²) >= 11 is 6.04. The van der Waals surface area contributed by atoms with Crippen LogP contribution in [0.4, 0.5) is 0 Å². The molecule has 0 aliphatic carbocycles. The molecule has 1 aliphatic heterocycles. The van der Waals surface area contributed by atoms with Gasteiger partial charge in [-0.3, -0.25) is 0 Å². The number of hydrogen-bond donors (Lipinski definition) is 2. The van der Waals surface area contributed by atoms with Gasteiger partial charge < -0.3 is 10.4 Å². The van der Waals surface area contributed by atoms with E-state index in [1.807, 2.05) is 37.3 Å². The lowest BCUT2D eigenvalue weighted by molar-refractivity contribution is 0.475. The van der Waals surface area contributed by atoms with Gasteiger partial charge in [0, 0.05) is 5.70 Å². The highest BCUT2D eigenvalue weighted by Gasteiger charge is 2.31. The Kier molecular flexibility index (Phi) is 4.48.